The molecule has 0 atom stereocenters. The molecule has 0 fully saturated rings. The number of carbonyl (C=O) groups excluding carboxylic acids is 1. The fraction of sp³-hybridized carbons (Fsp3) is 0.0833. The van der Waals surface area contributed by atoms with Crippen molar-refractivity contribution in [1.29, 1.82) is 0 Å². The number of fused-ring (bicyclic) bond motifs is 1. The minimum Gasteiger partial charge on any atom is -0.488 e. The lowest BCUT2D eigenvalue weighted by molar-refractivity contribution is 0.0600. The minimum atomic E-state index is -0.364. The number of nitrogens with zero attached hydrogens (tertiary/aromatic N) is 3. The maximum Gasteiger partial charge on any atom is 0.337 e. The van der Waals surface area contributed by atoms with Crippen LogP contribution in [0, 0.1) is 0 Å². The van der Waals surface area contributed by atoms with Gasteiger partial charge >= 0.3 is 5.97 Å². The van der Waals surface area contributed by atoms with Crippen LogP contribution in [0.5, 0.6) is 5.75 Å². The van der Waals surface area contributed by atoms with E-state index in [2.05, 4.69) is 20.7 Å². The standard InChI is InChI=1S/C24H20N4O3/c1-30-24(29)18-12-10-17(11-13-18)16-31-22-9-5-3-7-20(22)15-26-28-23-21-8-4-2-6-19(21)14-25-27-23/h2-15H,16H2,1H3,(H,27,28)/b26-15-. The Hall–Kier alpha value is -4.26. The molecular formula is C24H20N4O3. The zero-order chi connectivity index (χ0) is 21.5. The maximum absolute atomic E-state index is 11.5. The molecule has 0 bridgehead atoms. The van der Waals surface area contributed by atoms with Gasteiger partial charge in [0.05, 0.1) is 25.1 Å². The fourth-order valence-corrected chi connectivity index (χ4v) is 3.01. The Balaban J connectivity index is 1.44. The van der Waals surface area contributed by atoms with Crippen LogP contribution in [0.2, 0.25) is 0 Å². The van der Waals surface area contributed by atoms with E-state index in [-0.39, 0.29) is 5.97 Å². The van der Waals surface area contributed by atoms with Crippen molar-refractivity contribution in [2.75, 3.05) is 12.5 Å². The first-order valence-electron chi connectivity index (χ1n) is 9.63. The lowest BCUT2D eigenvalue weighted by Crippen LogP contribution is -2.02. The van der Waals surface area contributed by atoms with E-state index >= 15 is 0 Å². The van der Waals surface area contributed by atoms with Gasteiger partial charge in [-0.3, -0.25) is 5.43 Å². The van der Waals surface area contributed by atoms with Crippen molar-refractivity contribution in [2.24, 2.45) is 5.10 Å². The number of hydrazone groups is 1. The van der Waals surface area contributed by atoms with E-state index < -0.39 is 0 Å². The fourth-order valence-electron chi connectivity index (χ4n) is 3.01. The number of esters is 1. The van der Waals surface area contributed by atoms with Gasteiger partial charge in [0.1, 0.15) is 12.4 Å². The van der Waals surface area contributed by atoms with Crippen LogP contribution >= 0.6 is 0 Å². The molecule has 0 aliphatic carbocycles. The summed E-state index contributed by atoms with van der Waals surface area (Å²) >= 11 is 0. The largest absolute Gasteiger partial charge is 0.488 e. The van der Waals surface area contributed by atoms with Crippen molar-refractivity contribution in [3.8, 4) is 5.75 Å². The van der Waals surface area contributed by atoms with E-state index in [4.69, 9.17) is 9.47 Å². The predicted molar refractivity (Wildman–Crippen MR) is 119 cm³/mol. The van der Waals surface area contributed by atoms with Crippen LogP contribution < -0.4 is 10.2 Å². The molecule has 4 aromatic rings. The monoisotopic (exact) mass is 412 g/mol. The first-order valence-corrected chi connectivity index (χ1v) is 9.63. The topological polar surface area (TPSA) is 85.7 Å². The second kappa shape index (κ2) is 9.49. The number of carbonyl (C=O) groups is 1. The lowest BCUT2D eigenvalue weighted by Gasteiger charge is -2.09. The Morgan fingerprint density at radius 3 is 2.65 bits per heavy atom. The van der Waals surface area contributed by atoms with Crippen LogP contribution in [-0.4, -0.2) is 29.5 Å². The molecule has 0 spiro atoms. The average Bonchev–Trinajstić information content (AvgIpc) is 2.83. The van der Waals surface area contributed by atoms with Crippen molar-refractivity contribution in [3.05, 3.63) is 95.7 Å². The van der Waals surface area contributed by atoms with Gasteiger partial charge in [-0.2, -0.15) is 10.2 Å². The van der Waals surface area contributed by atoms with Crippen LogP contribution in [0.4, 0.5) is 5.82 Å². The molecule has 0 aliphatic heterocycles. The molecule has 4 rings (SSSR count). The Morgan fingerprint density at radius 2 is 1.81 bits per heavy atom. The summed E-state index contributed by atoms with van der Waals surface area (Å²) in [7, 11) is 1.36. The van der Waals surface area contributed by atoms with Gasteiger partial charge in [0.15, 0.2) is 5.82 Å². The normalized spacial score (nSPS) is 10.9. The molecule has 0 radical (unpaired) electrons. The number of para-hydroxylation sites is 1. The molecule has 1 aromatic heterocycles. The number of nitrogens with one attached hydrogen (secondary N) is 1. The van der Waals surface area contributed by atoms with Gasteiger partial charge in [-0.25, -0.2) is 4.79 Å². The molecule has 1 heterocycles. The number of benzene rings is 3. The van der Waals surface area contributed by atoms with Crippen LogP contribution in [-0.2, 0) is 11.3 Å². The Labute approximate surface area is 179 Å². The van der Waals surface area contributed by atoms with Crippen LogP contribution in [0.1, 0.15) is 21.5 Å². The molecular weight excluding hydrogens is 392 g/mol. The molecule has 154 valence electrons. The maximum atomic E-state index is 11.5. The molecule has 0 saturated carbocycles. The van der Waals surface area contributed by atoms with Crippen LogP contribution in [0.25, 0.3) is 10.8 Å². The first kappa shape index (κ1) is 20.0. The van der Waals surface area contributed by atoms with Crippen molar-refractivity contribution in [1.82, 2.24) is 10.2 Å². The van der Waals surface area contributed by atoms with E-state index in [1.807, 2.05) is 60.7 Å². The zero-order valence-corrected chi connectivity index (χ0v) is 16.9. The highest BCUT2D eigenvalue weighted by Crippen LogP contribution is 2.20. The van der Waals surface area contributed by atoms with E-state index in [1.165, 1.54) is 7.11 Å². The zero-order valence-electron chi connectivity index (χ0n) is 16.9. The van der Waals surface area contributed by atoms with Gasteiger partial charge in [-0.05, 0) is 29.8 Å². The summed E-state index contributed by atoms with van der Waals surface area (Å²) in [6.07, 6.45) is 3.39. The average molecular weight is 412 g/mol. The molecule has 0 amide bonds. The molecule has 7 nitrogen and oxygen atoms in total. The number of ether oxygens (including phenoxy) is 2. The number of hydrogen-bond donors (Lipinski definition) is 1. The highest BCUT2D eigenvalue weighted by molar-refractivity contribution is 5.91. The Bertz CT molecular complexity index is 1220. The van der Waals surface area contributed by atoms with Gasteiger partial charge in [0.2, 0.25) is 0 Å². The summed E-state index contributed by atoms with van der Waals surface area (Å²) in [6.45, 7) is 0.356. The second-order valence-electron chi connectivity index (χ2n) is 6.67. The van der Waals surface area contributed by atoms with Gasteiger partial charge in [-0.15, -0.1) is 5.10 Å². The number of methoxy groups -OCH3 is 1. The third-order valence-corrected chi connectivity index (χ3v) is 4.63. The highest BCUT2D eigenvalue weighted by Gasteiger charge is 2.06. The van der Waals surface area contributed by atoms with E-state index in [9.17, 15) is 4.79 Å². The quantitative estimate of drug-likeness (QED) is 0.274. The molecule has 0 unspecified atom stereocenters. The van der Waals surface area contributed by atoms with E-state index in [0.29, 0.717) is 23.7 Å². The summed E-state index contributed by atoms with van der Waals surface area (Å²) in [5.74, 6) is 0.907. The van der Waals surface area contributed by atoms with E-state index in [0.717, 1.165) is 21.9 Å². The Morgan fingerprint density at radius 1 is 1.03 bits per heavy atom. The molecule has 31 heavy (non-hydrogen) atoms. The smallest absolute Gasteiger partial charge is 0.337 e. The third-order valence-electron chi connectivity index (χ3n) is 4.63. The van der Waals surface area contributed by atoms with Gasteiger partial charge in [-0.1, -0.05) is 48.5 Å². The number of anilines is 1. The highest BCUT2D eigenvalue weighted by atomic mass is 16.5. The first-order chi connectivity index (χ1) is 15.2. The van der Waals surface area contributed by atoms with Crippen molar-refractivity contribution >= 4 is 28.8 Å². The predicted octanol–water partition coefficient (Wildman–Crippen LogP) is 4.44. The molecule has 0 aliphatic rings. The van der Waals surface area contributed by atoms with E-state index in [1.54, 1.807) is 24.5 Å². The van der Waals surface area contributed by atoms with Gasteiger partial charge in [0, 0.05) is 16.3 Å². The number of hydrogen-bond acceptors (Lipinski definition) is 7. The van der Waals surface area contributed by atoms with Crippen molar-refractivity contribution in [3.63, 3.8) is 0 Å². The third kappa shape index (κ3) is 4.84. The lowest BCUT2D eigenvalue weighted by atomic mass is 10.1. The van der Waals surface area contributed by atoms with Gasteiger partial charge in [0.25, 0.3) is 0 Å². The number of aromatic nitrogens is 2. The molecule has 3 aromatic carbocycles. The van der Waals surface area contributed by atoms with Crippen molar-refractivity contribution in [2.45, 2.75) is 6.61 Å². The molecule has 0 saturated heterocycles. The second-order valence-corrected chi connectivity index (χ2v) is 6.67. The number of rotatable bonds is 7. The summed E-state index contributed by atoms with van der Waals surface area (Å²) in [5, 5.41) is 14.4. The summed E-state index contributed by atoms with van der Waals surface area (Å²) in [6, 6.07) is 22.5. The summed E-state index contributed by atoms with van der Waals surface area (Å²) in [4.78, 5) is 11.5. The molecule has 7 heteroatoms. The van der Waals surface area contributed by atoms with Gasteiger partial charge < -0.3 is 9.47 Å². The van der Waals surface area contributed by atoms with Crippen LogP contribution in [0.3, 0.4) is 0 Å². The van der Waals surface area contributed by atoms with Crippen molar-refractivity contribution < 1.29 is 14.3 Å². The summed E-state index contributed by atoms with van der Waals surface area (Å²) in [5.41, 5.74) is 5.21. The Kier molecular flexibility index (Phi) is 6.13. The van der Waals surface area contributed by atoms with Crippen LogP contribution in [0.15, 0.2) is 84.1 Å². The molecule has 1 N–H and O–H groups in total. The summed E-state index contributed by atoms with van der Waals surface area (Å²) < 4.78 is 10.7. The SMILES string of the molecule is COC(=O)c1ccc(COc2ccccc2/C=N\Nc2nncc3ccccc23)cc1. The minimum absolute atomic E-state index is 0.356.